The number of halogens is 3. The number of alkyl halides is 3. The third kappa shape index (κ3) is 3.37. The van der Waals surface area contributed by atoms with E-state index in [1.807, 2.05) is 0 Å². The number of carbonyl (C=O) groups excluding carboxylic acids is 1. The van der Waals surface area contributed by atoms with Crippen molar-refractivity contribution in [1.29, 1.82) is 0 Å². The van der Waals surface area contributed by atoms with E-state index in [-0.39, 0.29) is 18.9 Å². The van der Waals surface area contributed by atoms with Crippen LogP contribution in [-0.2, 0) is 9.59 Å². The van der Waals surface area contributed by atoms with Gasteiger partial charge in [0.2, 0.25) is 5.91 Å². The summed E-state index contributed by atoms with van der Waals surface area (Å²) in [5.41, 5.74) is 0. The highest BCUT2D eigenvalue weighted by Gasteiger charge is 2.45. The third-order valence-electron chi connectivity index (χ3n) is 2.28. The fourth-order valence-electron chi connectivity index (χ4n) is 1.38. The van der Waals surface area contributed by atoms with Gasteiger partial charge in [-0.2, -0.15) is 13.2 Å². The summed E-state index contributed by atoms with van der Waals surface area (Å²) in [7, 11) is 0. The first-order valence-corrected chi connectivity index (χ1v) is 4.60. The summed E-state index contributed by atoms with van der Waals surface area (Å²) >= 11 is 0. The zero-order valence-electron chi connectivity index (χ0n) is 8.17. The molecular weight excluding hydrogens is 229 g/mol. The Morgan fingerprint density at radius 3 is 2.62 bits per heavy atom. The van der Waals surface area contributed by atoms with Crippen LogP contribution in [0.2, 0.25) is 0 Å². The van der Waals surface area contributed by atoms with Crippen molar-refractivity contribution in [3.05, 3.63) is 0 Å². The van der Waals surface area contributed by atoms with Crippen LogP contribution < -0.4 is 10.6 Å². The monoisotopic (exact) mass is 240 g/mol. The number of aliphatic carboxylic acids is 1. The molecule has 1 fully saturated rings. The predicted octanol–water partition coefficient (Wildman–Crippen LogP) is -0.272. The van der Waals surface area contributed by atoms with E-state index in [1.165, 1.54) is 0 Å². The molecule has 0 aromatic heterocycles. The zero-order valence-corrected chi connectivity index (χ0v) is 8.17. The average molecular weight is 240 g/mol. The number of carbonyl (C=O) groups is 2. The van der Waals surface area contributed by atoms with Gasteiger partial charge in [-0.15, -0.1) is 0 Å². The summed E-state index contributed by atoms with van der Waals surface area (Å²) in [6.45, 7) is -0.499. The van der Waals surface area contributed by atoms with Crippen molar-refractivity contribution in [2.24, 2.45) is 5.92 Å². The second kappa shape index (κ2) is 4.69. The highest BCUT2D eigenvalue weighted by Crippen LogP contribution is 2.26. The van der Waals surface area contributed by atoms with Gasteiger partial charge in [-0.05, 0) is 0 Å². The molecule has 2 unspecified atom stereocenters. The molecule has 16 heavy (non-hydrogen) atoms. The highest BCUT2D eigenvalue weighted by molar-refractivity contribution is 5.79. The molecule has 1 aliphatic heterocycles. The average Bonchev–Trinajstić information content (AvgIpc) is 2.48. The van der Waals surface area contributed by atoms with E-state index in [0.29, 0.717) is 0 Å². The van der Waals surface area contributed by atoms with Crippen LogP contribution in [-0.4, -0.2) is 42.3 Å². The molecule has 0 bridgehead atoms. The van der Waals surface area contributed by atoms with Gasteiger partial charge in [0.25, 0.3) is 0 Å². The number of hydrogen-bond acceptors (Lipinski definition) is 3. The van der Waals surface area contributed by atoms with Crippen LogP contribution in [0.5, 0.6) is 0 Å². The highest BCUT2D eigenvalue weighted by atomic mass is 19.4. The molecule has 8 heteroatoms. The minimum Gasteiger partial charge on any atom is -0.481 e. The van der Waals surface area contributed by atoms with E-state index in [9.17, 15) is 22.8 Å². The fraction of sp³-hybridized carbons (Fsp3) is 0.750. The van der Waals surface area contributed by atoms with Crippen molar-refractivity contribution in [2.75, 3.05) is 13.1 Å². The molecular formula is C8H11F3N2O3. The lowest BCUT2D eigenvalue weighted by Gasteiger charge is -2.18. The first-order valence-electron chi connectivity index (χ1n) is 4.60. The smallest absolute Gasteiger partial charge is 0.403 e. The SMILES string of the molecule is O=C1CC(NCC(C(=O)O)C(F)(F)F)CN1. The Morgan fingerprint density at radius 2 is 2.25 bits per heavy atom. The zero-order chi connectivity index (χ0) is 12.3. The lowest BCUT2D eigenvalue weighted by Crippen LogP contribution is -2.43. The summed E-state index contributed by atoms with van der Waals surface area (Å²) < 4.78 is 36.7. The molecule has 1 saturated heterocycles. The standard InChI is InChI=1S/C8H11F3N2O3/c9-8(10,11)5(7(15)16)3-12-4-1-6(14)13-2-4/h4-5,12H,1-3H2,(H,13,14)(H,15,16). The molecule has 1 heterocycles. The predicted molar refractivity (Wildman–Crippen MR) is 46.6 cm³/mol. The maximum absolute atomic E-state index is 12.2. The molecule has 1 aliphatic rings. The maximum Gasteiger partial charge on any atom is 0.403 e. The number of carboxylic acid groups (broad SMARTS) is 1. The van der Waals surface area contributed by atoms with Crippen LogP contribution in [0, 0.1) is 5.92 Å². The van der Waals surface area contributed by atoms with Gasteiger partial charge in [-0.25, -0.2) is 0 Å². The molecule has 0 saturated carbocycles. The Labute approximate surface area is 89.0 Å². The van der Waals surface area contributed by atoms with E-state index in [2.05, 4.69) is 10.6 Å². The van der Waals surface area contributed by atoms with Crippen molar-refractivity contribution < 1.29 is 27.9 Å². The van der Waals surface area contributed by atoms with Gasteiger partial charge in [-0.1, -0.05) is 0 Å². The first kappa shape index (κ1) is 12.8. The van der Waals surface area contributed by atoms with Crippen LogP contribution >= 0.6 is 0 Å². The quantitative estimate of drug-likeness (QED) is 0.632. The first-order chi connectivity index (χ1) is 7.30. The van der Waals surface area contributed by atoms with Gasteiger partial charge in [0.1, 0.15) is 0 Å². The van der Waals surface area contributed by atoms with Crippen LogP contribution in [0.4, 0.5) is 13.2 Å². The Hall–Kier alpha value is -1.31. The summed E-state index contributed by atoms with van der Waals surface area (Å²) in [6, 6.07) is -0.434. The van der Waals surface area contributed by atoms with Gasteiger partial charge in [0.15, 0.2) is 5.92 Å². The molecule has 0 radical (unpaired) electrons. The van der Waals surface area contributed by atoms with Crippen LogP contribution in [0.15, 0.2) is 0 Å². The van der Waals surface area contributed by atoms with Crippen LogP contribution in [0.25, 0.3) is 0 Å². The Bertz CT molecular complexity index is 293. The molecule has 0 aromatic rings. The Morgan fingerprint density at radius 1 is 1.62 bits per heavy atom. The van der Waals surface area contributed by atoms with Crippen molar-refractivity contribution in [2.45, 2.75) is 18.6 Å². The second-order valence-corrected chi connectivity index (χ2v) is 3.55. The molecule has 3 N–H and O–H groups in total. The number of rotatable bonds is 4. The molecule has 0 aliphatic carbocycles. The van der Waals surface area contributed by atoms with Crippen LogP contribution in [0.1, 0.15) is 6.42 Å². The largest absolute Gasteiger partial charge is 0.481 e. The maximum atomic E-state index is 12.2. The third-order valence-corrected chi connectivity index (χ3v) is 2.28. The number of amides is 1. The number of carboxylic acids is 1. The van der Waals surface area contributed by atoms with Gasteiger partial charge >= 0.3 is 12.1 Å². The lowest BCUT2D eigenvalue weighted by molar-refractivity contribution is -0.192. The summed E-state index contributed by atoms with van der Waals surface area (Å²) in [5, 5.41) is 13.2. The van der Waals surface area contributed by atoms with E-state index >= 15 is 0 Å². The number of nitrogens with one attached hydrogen (secondary N) is 2. The Balaban J connectivity index is 2.45. The van der Waals surface area contributed by atoms with Crippen molar-refractivity contribution >= 4 is 11.9 Å². The number of hydrogen-bond donors (Lipinski definition) is 3. The molecule has 2 atom stereocenters. The summed E-state index contributed by atoms with van der Waals surface area (Å²) in [6.07, 6.45) is -4.71. The summed E-state index contributed by atoms with van der Waals surface area (Å²) in [5.74, 6) is -4.61. The fourth-order valence-corrected chi connectivity index (χ4v) is 1.38. The molecule has 92 valence electrons. The minimum absolute atomic E-state index is 0.0736. The molecule has 1 rings (SSSR count). The summed E-state index contributed by atoms with van der Waals surface area (Å²) in [4.78, 5) is 21.1. The molecule has 5 nitrogen and oxygen atoms in total. The molecule has 1 amide bonds. The minimum atomic E-state index is -4.78. The van der Waals surface area contributed by atoms with E-state index in [1.54, 1.807) is 0 Å². The van der Waals surface area contributed by atoms with Gasteiger partial charge in [0, 0.05) is 25.6 Å². The molecule has 0 aromatic carbocycles. The van der Waals surface area contributed by atoms with Crippen molar-refractivity contribution in [3.63, 3.8) is 0 Å². The molecule has 0 spiro atoms. The van der Waals surface area contributed by atoms with Crippen molar-refractivity contribution in [1.82, 2.24) is 10.6 Å². The van der Waals surface area contributed by atoms with Crippen LogP contribution in [0.3, 0.4) is 0 Å². The Kier molecular flexibility index (Phi) is 3.74. The van der Waals surface area contributed by atoms with E-state index in [4.69, 9.17) is 5.11 Å². The lowest BCUT2D eigenvalue weighted by atomic mass is 10.1. The van der Waals surface area contributed by atoms with Crippen molar-refractivity contribution in [3.8, 4) is 0 Å². The van der Waals surface area contributed by atoms with E-state index < -0.39 is 30.7 Å². The van der Waals surface area contributed by atoms with Gasteiger partial charge < -0.3 is 15.7 Å². The second-order valence-electron chi connectivity index (χ2n) is 3.55. The normalized spacial score (nSPS) is 22.9. The van der Waals surface area contributed by atoms with Gasteiger partial charge in [0.05, 0.1) is 0 Å². The topological polar surface area (TPSA) is 78.4 Å². The van der Waals surface area contributed by atoms with Gasteiger partial charge in [-0.3, -0.25) is 9.59 Å². The van der Waals surface area contributed by atoms with E-state index in [0.717, 1.165) is 0 Å².